The average Bonchev–Trinajstić information content (AvgIpc) is 3.07. The molecule has 0 bridgehead atoms. The molecule has 3 heterocycles. The van der Waals surface area contributed by atoms with Crippen molar-refractivity contribution in [1.82, 2.24) is 20.2 Å². The second-order valence-electron chi connectivity index (χ2n) is 6.27. The summed E-state index contributed by atoms with van der Waals surface area (Å²) in [6.45, 7) is 2.09. The van der Waals surface area contributed by atoms with Crippen LogP contribution < -0.4 is 4.90 Å². The third-order valence-electron chi connectivity index (χ3n) is 4.78. The van der Waals surface area contributed by atoms with Gasteiger partial charge in [-0.15, -0.1) is 11.8 Å². The number of hydrogen-bond donors (Lipinski definition) is 1. The lowest BCUT2D eigenvalue weighted by Gasteiger charge is -2.33. The number of aromatic nitrogens is 4. The molecule has 0 spiro atoms. The number of hydrogen-bond acceptors (Lipinski definition) is 5. The van der Waals surface area contributed by atoms with Crippen LogP contribution in [-0.2, 0) is 6.42 Å². The van der Waals surface area contributed by atoms with Gasteiger partial charge in [0.25, 0.3) is 0 Å². The van der Waals surface area contributed by atoms with Crippen LogP contribution in [0, 0.1) is 5.92 Å². The average molecular weight is 339 g/mol. The van der Waals surface area contributed by atoms with E-state index >= 15 is 0 Å². The number of benzene rings is 1. The first-order valence-corrected chi connectivity index (χ1v) is 9.59. The van der Waals surface area contributed by atoms with E-state index in [9.17, 15) is 0 Å². The molecule has 6 heteroatoms. The van der Waals surface area contributed by atoms with Crippen molar-refractivity contribution in [2.75, 3.05) is 24.2 Å². The predicted molar refractivity (Wildman–Crippen MR) is 98.5 cm³/mol. The van der Waals surface area contributed by atoms with Gasteiger partial charge in [-0.05, 0) is 37.0 Å². The van der Waals surface area contributed by atoms with Crippen LogP contribution in [0.25, 0.3) is 11.0 Å². The number of nitrogens with one attached hydrogen (secondary N) is 1. The molecular formula is C18H21N5S. The van der Waals surface area contributed by atoms with Gasteiger partial charge in [0.2, 0.25) is 0 Å². The molecular weight excluding hydrogens is 318 g/mol. The molecule has 1 N–H and O–H groups in total. The molecule has 0 atom stereocenters. The molecule has 0 radical (unpaired) electrons. The van der Waals surface area contributed by atoms with E-state index in [-0.39, 0.29) is 0 Å². The van der Waals surface area contributed by atoms with Gasteiger partial charge in [-0.25, -0.2) is 9.97 Å². The number of aromatic amines is 1. The lowest BCUT2D eigenvalue weighted by atomic mass is 9.90. The van der Waals surface area contributed by atoms with Crippen LogP contribution in [0.2, 0.25) is 0 Å². The van der Waals surface area contributed by atoms with Crippen LogP contribution >= 0.6 is 11.8 Å². The van der Waals surface area contributed by atoms with Crippen molar-refractivity contribution >= 4 is 28.6 Å². The zero-order valence-corrected chi connectivity index (χ0v) is 14.6. The van der Waals surface area contributed by atoms with E-state index in [1.807, 2.05) is 6.26 Å². The molecule has 0 unspecified atom stereocenters. The summed E-state index contributed by atoms with van der Waals surface area (Å²) in [7, 11) is 0. The highest BCUT2D eigenvalue weighted by Gasteiger charge is 2.23. The van der Waals surface area contributed by atoms with Gasteiger partial charge in [0, 0.05) is 13.1 Å². The molecule has 5 nitrogen and oxygen atoms in total. The summed E-state index contributed by atoms with van der Waals surface area (Å²) in [4.78, 5) is 11.3. The maximum absolute atomic E-state index is 4.56. The molecule has 2 aromatic heterocycles. The van der Waals surface area contributed by atoms with Crippen molar-refractivity contribution < 1.29 is 0 Å². The maximum atomic E-state index is 4.56. The normalized spacial score (nSPS) is 16.0. The topological polar surface area (TPSA) is 57.7 Å². The number of nitrogens with zero attached hydrogens (tertiary/aromatic N) is 4. The molecule has 0 saturated carbocycles. The van der Waals surface area contributed by atoms with Gasteiger partial charge in [0.1, 0.15) is 17.2 Å². The van der Waals surface area contributed by atoms with Gasteiger partial charge in [0.15, 0.2) is 5.65 Å². The molecule has 124 valence electrons. The zero-order chi connectivity index (χ0) is 16.4. The minimum atomic E-state index is 0.755. The van der Waals surface area contributed by atoms with Crippen molar-refractivity contribution in [3.63, 3.8) is 0 Å². The van der Waals surface area contributed by atoms with Crippen LogP contribution in [0.5, 0.6) is 0 Å². The quantitative estimate of drug-likeness (QED) is 0.737. The first kappa shape index (κ1) is 15.4. The third kappa shape index (κ3) is 2.98. The number of rotatable bonds is 4. The molecule has 1 saturated heterocycles. The summed E-state index contributed by atoms with van der Waals surface area (Å²) >= 11 is 1.64. The molecule has 4 rings (SSSR count). The lowest BCUT2D eigenvalue weighted by Crippen LogP contribution is -2.35. The molecule has 3 aromatic rings. The molecule has 1 fully saturated rings. The summed E-state index contributed by atoms with van der Waals surface area (Å²) in [5, 5.41) is 9.40. The van der Waals surface area contributed by atoms with Crippen LogP contribution in [0.15, 0.2) is 41.7 Å². The minimum Gasteiger partial charge on any atom is -0.356 e. The Morgan fingerprint density at radius 3 is 2.71 bits per heavy atom. The fraction of sp³-hybridized carbons (Fsp3) is 0.389. The monoisotopic (exact) mass is 339 g/mol. The van der Waals surface area contributed by atoms with E-state index in [1.165, 1.54) is 24.8 Å². The van der Waals surface area contributed by atoms with Crippen LogP contribution in [-0.4, -0.2) is 39.5 Å². The SMILES string of the molecule is CSc1n[nH]c2ncnc(N3CCC(Cc4ccccc4)CC3)c12. The number of thioether (sulfide) groups is 1. The second-order valence-corrected chi connectivity index (χ2v) is 7.07. The highest BCUT2D eigenvalue weighted by atomic mass is 32.2. The third-order valence-corrected chi connectivity index (χ3v) is 5.46. The van der Waals surface area contributed by atoms with Gasteiger partial charge >= 0.3 is 0 Å². The van der Waals surface area contributed by atoms with Crippen molar-refractivity contribution in [3.8, 4) is 0 Å². The van der Waals surface area contributed by atoms with E-state index in [4.69, 9.17) is 0 Å². The molecule has 1 aliphatic heterocycles. The van der Waals surface area contributed by atoms with E-state index in [0.29, 0.717) is 0 Å². The molecule has 1 aliphatic rings. The number of H-pyrrole nitrogens is 1. The van der Waals surface area contributed by atoms with Crippen molar-refractivity contribution in [3.05, 3.63) is 42.2 Å². The van der Waals surface area contributed by atoms with Crippen LogP contribution in [0.3, 0.4) is 0 Å². The fourth-order valence-corrected chi connectivity index (χ4v) is 4.03. The van der Waals surface area contributed by atoms with Gasteiger partial charge < -0.3 is 4.90 Å². The maximum Gasteiger partial charge on any atom is 0.161 e. The van der Waals surface area contributed by atoms with Crippen LogP contribution in [0.1, 0.15) is 18.4 Å². The Labute approximate surface area is 145 Å². The first-order valence-electron chi connectivity index (χ1n) is 8.37. The number of piperidine rings is 1. The smallest absolute Gasteiger partial charge is 0.161 e. The lowest BCUT2D eigenvalue weighted by molar-refractivity contribution is 0.402. The standard InChI is InChI=1S/C18H21N5S/c1-24-18-15-16(21-22-18)19-12-20-17(15)23-9-7-14(8-10-23)11-13-5-3-2-4-6-13/h2-6,12,14H,7-11H2,1H3,(H,19,20,21,22). The Bertz CT molecular complexity index is 809. The Balaban J connectivity index is 1.49. The van der Waals surface area contributed by atoms with Crippen molar-refractivity contribution in [2.45, 2.75) is 24.3 Å². The summed E-state index contributed by atoms with van der Waals surface area (Å²) in [5.74, 6) is 1.78. The minimum absolute atomic E-state index is 0.755. The summed E-state index contributed by atoms with van der Waals surface area (Å²) in [6.07, 6.45) is 7.25. The Hall–Kier alpha value is -2.08. The van der Waals surface area contributed by atoms with Gasteiger partial charge in [-0.3, -0.25) is 5.10 Å². The Morgan fingerprint density at radius 1 is 1.17 bits per heavy atom. The molecule has 0 aliphatic carbocycles. The largest absolute Gasteiger partial charge is 0.356 e. The predicted octanol–water partition coefficient (Wildman–Crippen LogP) is 3.53. The van der Waals surface area contributed by atoms with Crippen LogP contribution in [0.4, 0.5) is 5.82 Å². The number of fused-ring (bicyclic) bond motifs is 1. The van der Waals surface area contributed by atoms with E-state index in [1.54, 1.807) is 18.1 Å². The number of anilines is 1. The molecule has 24 heavy (non-hydrogen) atoms. The van der Waals surface area contributed by atoms with Gasteiger partial charge in [-0.1, -0.05) is 30.3 Å². The van der Waals surface area contributed by atoms with Crippen molar-refractivity contribution in [1.29, 1.82) is 0 Å². The molecule has 0 amide bonds. The fourth-order valence-electron chi connectivity index (χ4n) is 3.50. The molecule has 1 aromatic carbocycles. The summed E-state index contributed by atoms with van der Waals surface area (Å²) < 4.78 is 0. The zero-order valence-electron chi connectivity index (χ0n) is 13.8. The second kappa shape index (κ2) is 6.81. The van der Waals surface area contributed by atoms with E-state index in [0.717, 1.165) is 40.9 Å². The first-order chi connectivity index (χ1) is 11.8. The van der Waals surface area contributed by atoms with Crippen molar-refractivity contribution in [2.24, 2.45) is 5.92 Å². The Morgan fingerprint density at radius 2 is 1.96 bits per heavy atom. The van der Waals surface area contributed by atoms with E-state index < -0.39 is 0 Å². The van der Waals surface area contributed by atoms with Gasteiger partial charge in [0.05, 0.1) is 5.39 Å². The highest BCUT2D eigenvalue weighted by molar-refractivity contribution is 7.98. The summed E-state index contributed by atoms with van der Waals surface area (Å²) in [5.41, 5.74) is 2.27. The van der Waals surface area contributed by atoms with E-state index in [2.05, 4.69) is 55.4 Å². The highest BCUT2D eigenvalue weighted by Crippen LogP contribution is 2.32. The van der Waals surface area contributed by atoms with Gasteiger partial charge in [-0.2, -0.15) is 5.10 Å². The Kier molecular flexibility index (Phi) is 4.38. The summed E-state index contributed by atoms with van der Waals surface area (Å²) in [6, 6.07) is 10.8.